The lowest BCUT2D eigenvalue weighted by Crippen LogP contribution is -2.52. The number of hydrogen-bond donors (Lipinski definition) is 2. The van der Waals surface area contributed by atoms with Crippen LogP contribution < -0.4 is 5.32 Å². The quantitative estimate of drug-likeness (QED) is 0.749. The molecule has 3 rings (SSSR count). The molecule has 152 valence electrons. The van der Waals surface area contributed by atoms with E-state index in [0.717, 1.165) is 16.7 Å². The van der Waals surface area contributed by atoms with Gasteiger partial charge in [-0.25, -0.2) is 4.79 Å². The molecule has 0 saturated heterocycles. The largest absolute Gasteiger partial charge is 0.480 e. The van der Waals surface area contributed by atoms with Crippen LogP contribution in [0.3, 0.4) is 0 Å². The maximum atomic E-state index is 12.9. The lowest BCUT2D eigenvalue weighted by molar-refractivity contribution is -0.146. The lowest BCUT2D eigenvalue weighted by Gasteiger charge is -2.30. The van der Waals surface area contributed by atoms with E-state index in [2.05, 4.69) is 5.32 Å². The Hall–Kier alpha value is -3.35. The van der Waals surface area contributed by atoms with Gasteiger partial charge in [-0.1, -0.05) is 54.6 Å². The van der Waals surface area contributed by atoms with Crippen molar-refractivity contribution < 1.29 is 24.2 Å². The molecule has 0 aliphatic heterocycles. The molecule has 2 aromatic rings. The van der Waals surface area contributed by atoms with Gasteiger partial charge in [0.05, 0.1) is 0 Å². The van der Waals surface area contributed by atoms with E-state index in [1.54, 1.807) is 0 Å². The Morgan fingerprint density at radius 3 is 2.24 bits per heavy atom. The molecule has 0 fully saturated rings. The van der Waals surface area contributed by atoms with E-state index in [1.807, 2.05) is 54.6 Å². The first-order chi connectivity index (χ1) is 13.9. The average Bonchev–Trinajstić information content (AvgIpc) is 3.14. The van der Waals surface area contributed by atoms with E-state index in [-0.39, 0.29) is 12.6 Å². The SMILES string of the molecule is C[C@H](NC(=O)OCc1ccccc1)C(=O)N(CC(=O)O)C1Cc2ccccc2C1. The molecule has 0 heterocycles. The van der Waals surface area contributed by atoms with E-state index in [4.69, 9.17) is 4.74 Å². The van der Waals surface area contributed by atoms with Gasteiger partial charge in [0, 0.05) is 6.04 Å². The summed E-state index contributed by atoms with van der Waals surface area (Å²) in [6.45, 7) is 1.20. The Kier molecular flexibility index (Phi) is 6.49. The summed E-state index contributed by atoms with van der Waals surface area (Å²) >= 11 is 0. The van der Waals surface area contributed by atoms with Crippen molar-refractivity contribution in [3.63, 3.8) is 0 Å². The molecule has 2 amide bonds. The summed E-state index contributed by atoms with van der Waals surface area (Å²) in [6, 6.07) is 15.9. The van der Waals surface area contributed by atoms with Crippen LogP contribution in [-0.2, 0) is 33.8 Å². The van der Waals surface area contributed by atoms with E-state index in [9.17, 15) is 19.5 Å². The van der Waals surface area contributed by atoms with Crippen LogP contribution in [0.25, 0.3) is 0 Å². The number of nitrogens with one attached hydrogen (secondary N) is 1. The zero-order valence-electron chi connectivity index (χ0n) is 16.2. The molecule has 2 aromatic carbocycles. The molecule has 0 saturated carbocycles. The second-order valence-electron chi connectivity index (χ2n) is 7.12. The number of carboxylic acids is 1. The van der Waals surface area contributed by atoms with Gasteiger partial charge in [-0.2, -0.15) is 0 Å². The van der Waals surface area contributed by atoms with E-state index < -0.39 is 30.6 Å². The smallest absolute Gasteiger partial charge is 0.408 e. The zero-order chi connectivity index (χ0) is 20.8. The summed E-state index contributed by atoms with van der Waals surface area (Å²) in [5, 5.41) is 11.8. The van der Waals surface area contributed by atoms with E-state index in [0.29, 0.717) is 12.8 Å². The topological polar surface area (TPSA) is 95.9 Å². The summed E-state index contributed by atoms with van der Waals surface area (Å²) in [6.07, 6.45) is 0.473. The van der Waals surface area contributed by atoms with Crippen molar-refractivity contribution in [2.24, 2.45) is 0 Å². The Morgan fingerprint density at radius 1 is 1.07 bits per heavy atom. The summed E-state index contributed by atoms with van der Waals surface area (Å²) in [5.74, 6) is -1.53. The van der Waals surface area contributed by atoms with Crippen LogP contribution in [0.2, 0.25) is 0 Å². The van der Waals surface area contributed by atoms with Crippen molar-refractivity contribution in [2.45, 2.75) is 38.5 Å². The molecule has 7 nitrogen and oxygen atoms in total. The Morgan fingerprint density at radius 2 is 1.66 bits per heavy atom. The standard InChI is InChI=1S/C22H24N2O5/c1-15(23-22(28)29-14-16-7-3-2-4-8-16)21(27)24(13-20(25)26)19-11-17-9-5-6-10-18(17)12-19/h2-10,15,19H,11-14H2,1H3,(H,23,28)(H,25,26)/t15-/m0/s1. The molecule has 1 aliphatic rings. The Balaban J connectivity index is 1.60. The van der Waals surface area contributed by atoms with Gasteiger partial charge in [-0.05, 0) is 36.5 Å². The van der Waals surface area contributed by atoms with Crippen LogP contribution in [0.1, 0.15) is 23.6 Å². The fraction of sp³-hybridized carbons (Fsp3) is 0.318. The van der Waals surface area contributed by atoms with E-state index in [1.165, 1.54) is 11.8 Å². The number of nitrogens with zero attached hydrogens (tertiary/aromatic N) is 1. The molecule has 0 unspecified atom stereocenters. The van der Waals surface area contributed by atoms with Crippen LogP contribution in [-0.4, -0.2) is 46.6 Å². The third-order valence-corrected chi connectivity index (χ3v) is 4.98. The van der Waals surface area contributed by atoms with Crippen LogP contribution in [0.5, 0.6) is 0 Å². The number of benzene rings is 2. The molecular formula is C22H24N2O5. The lowest BCUT2D eigenvalue weighted by atomic mass is 10.1. The molecule has 2 N–H and O–H groups in total. The number of carbonyl (C=O) groups is 3. The van der Waals surface area contributed by atoms with Gasteiger partial charge in [0.1, 0.15) is 19.2 Å². The van der Waals surface area contributed by atoms with Gasteiger partial charge in [0.25, 0.3) is 0 Å². The molecule has 0 bridgehead atoms. The predicted molar refractivity (Wildman–Crippen MR) is 106 cm³/mol. The summed E-state index contributed by atoms with van der Waals surface area (Å²) in [4.78, 5) is 37.7. The molecule has 1 aliphatic carbocycles. The fourth-order valence-electron chi connectivity index (χ4n) is 3.54. The van der Waals surface area contributed by atoms with Crippen molar-refractivity contribution in [2.75, 3.05) is 6.54 Å². The van der Waals surface area contributed by atoms with Crippen LogP contribution >= 0.6 is 0 Å². The van der Waals surface area contributed by atoms with Gasteiger partial charge in [0.2, 0.25) is 5.91 Å². The maximum absolute atomic E-state index is 12.9. The van der Waals surface area contributed by atoms with Crippen molar-refractivity contribution in [3.05, 3.63) is 71.3 Å². The normalized spacial score (nSPS) is 14.0. The summed E-state index contributed by atoms with van der Waals surface area (Å²) in [5.41, 5.74) is 3.06. The monoisotopic (exact) mass is 396 g/mol. The first-order valence-corrected chi connectivity index (χ1v) is 9.50. The summed E-state index contributed by atoms with van der Waals surface area (Å²) in [7, 11) is 0. The highest BCUT2D eigenvalue weighted by Crippen LogP contribution is 2.25. The maximum Gasteiger partial charge on any atom is 0.408 e. The Labute approximate surface area is 169 Å². The number of aliphatic carboxylic acids is 1. The molecule has 29 heavy (non-hydrogen) atoms. The minimum atomic E-state index is -1.09. The molecular weight excluding hydrogens is 372 g/mol. The molecule has 0 radical (unpaired) electrons. The fourth-order valence-corrected chi connectivity index (χ4v) is 3.54. The number of fused-ring (bicyclic) bond motifs is 1. The first-order valence-electron chi connectivity index (χ1n) is 9.50. The second kappa shape index (κ2) is 9.23. The molecule has 0 spiro atoms. The van der Waals surface area contributed by atoms with Crippen LogP contribution in [0, 0.1) is 0 Å². The predicted octanol–water partition coefficient (Wildman–Crippen LogP) is 2.38. The van der Waals surface area contributed by atoms with Gasteiger partial charge in [0.15, 0.2) is 0 Å². The minimum absolute atomic E-state index is 0.0877. The summed E-state index contributed by atoms with van der Waals surface area (Å²) < 4.78 is 5.15. The first kappa shape index (κ1) is 20.4. The highest BCUT2D eigenvalue weighted by molar-refractivity contribution is 5.88. The van der Waals surface area contributed by atoms with Crippen molar-refractivity contribution in [3.8, 4) is 0 Å². The highest BCUT2D eigenvalue weighted by Gasteiger charge is 2.33. The van der Waals surface area contributed by atoms with Crippen LogP contribution in [0.15, 0.2) is 54.6 Å². The van der Waals surface area contributed by atoms with Crippen molar-refractivity contribution >= 4 is 18.0 Å². The molecule has 1 atom stereocenters. The van der Waals surface area contributed by atoms with E-state index >= 15 is 0 Å². The van der Waals surface area contributed by atoms with Gasteiger partial charge >= 0.3 is 12.1 Å². The molecule has 0 aromatic heterocycles. The zero-order valence-corrected chi connectivity index (χ0v) is 16.2. The number of rotatable bonds is 7. The van der Waals surface area contributed by atoms with Gasteiger partial charge < -0.3 is 20.1 Å². The third-order valence-electron chi connectivity index (χ3n) is 4.98. The number of hydrogen-bond acceptors (Lipinski definition) is 4. The number of ether oxygens (including phenoxy) is 1. The number of alkyl carbamates (subject to hydrolysis) is 1. The number of carboxylic acid groups (broad SMARTS) is 1. The Bertz CT molecular complexity index is 859. The number of carbonyl (C=O) groups excluding carboxylic acids is 2. The van der Waals surface area contributed by atoms with Gasteiger partial charge in [-0.15, -0.1) is 0 Å². The third kappa shape index (κ3) is 5.34. The molecule has 7 heteroatoms. The van der Waals surface area contributed by atoms with Crippen LogP contribution in [0.4, 0.5) is 4.79 Å². The average molecular weight is 396 g/mol. The van der Waals surface area contributed by atoms with Gasteiger partial charge in [-0.3, -0.25) is 9.59 Å². The second-order valence-corrected chi connectivity index (χ2v) is 7.12. The minimum Gasteiger partial charge on any atom is -0.480 e. The highest BCUT2D eigenvalue weighted by atomic mass is 16.5. The van der Waals surface area contributed by atoms with Crippen molar-refractivity contribution in [1.29, 1.82) is 0 Å². The number of amides is 2. The van der Waals surface area contributed by atoms with Crippen molar-refractivity contribution in [1.82, 2.24) is 10.2 Å².